The van der Waals surface area contributed by atoms with Crippen LogP contribution in [0.5, 0.6) is 0 Å². The first-order valence-corrected chi connectivity index (χ1v) is 6.84. The van der Waals surface area contributed by atoms with Gasteiger partial charge < -0.3 is 20.1 Å². The number of urea groups is 1. The largest absolute Gasteiger partial charge is 0.481 e. The fourth-order valence-corrected chi connectivity index (χ4v) is 2.22. The Balaban J connectivity index is 2.28. The Morgan fingerprint density at radius 2 is 2.05 bits per heavy atom. The minimum absolute atomic E-state index is 0.103. The number of aliphatic carboxylic acids is 1. The normalized spacial score (nSPS) is 21.3. The summed E-state index contributed by atoms with van der Waals surface area (Å²) in [6.45, 7) is 2.33. The van der Waals surface area contributed by atoms with E-state index in [1.807, 2.05) is 0 Å². The first kappa shape index (κ1) is 16.3. The van der Waals surface area contributed by atoms with Crippen molar-refractivity contribution in [3.8, 4) is 0 Å². The number of ether oxygens (including phenoxy) is 1. The van der Waals surface area contributed by atoms with Crippen molar-refractivity contribution < 1.29 is 24.2 Å². The molecule has 2 atom stereocenters. The fraction of sp³-hybridized carbons (Fsp3) is 0.769. The number of carboxylic acids is 1. The third kappa shape index (κ3) is 5.07. The van der Waals surface area contributed by atoms with Crippen LogP contribution in [-0.4, -0.2) is 54.2 Å². The van der Waals surface area contributed by atoms with Crippen LogP contribution in [0.1, 0.15) is 32.6 Å². The number of carboxylic acid groups (broad SMARTS) is 1. The fourth-order valence-electron chi connectivity index (χ4n) is 2.22. The maximum Gasteiger partial charge on any atom is 0.317 e. The summed E-state index contributed by atoms with van der Waals surface area (Å²) < 4.78 is 4.78. The van der Waals surface area contributed by atoms with E-state index in [9.17, 15) is 14.4 Å². The van der Waals surface area contributed by atoms with Gasteiger partial charge in [-0.2, -0.15) is 0 Å². The molecule has 2 amide bonds. The molecule has 0 bridgehead atoms. The minimum atomic E-state index is -0.808. The van der Waals surface area contributed by atoms with Gasteiger partial charge in [0.2, 0.25) is 0 Å². The summed E-state index contributed by atoms with van der Waals surface area (Å²) in [6, 6.07) is -0.390. The van der Waals surface area contributed by atoms with E-state index in [4.69, 9.17) is 9.84 Å². The van der Waals surface area contributed by atoms with E-state index in [-0.39, 0.29) is 36.9 Å². The summed E-state index contributed by atoms with van der Waals surface area (Å²) in [5.74, 6) is -1.51. The SMILES string of the molecule is CCOC(=O)CCN(C)C(=O)NC1CCC(C(=O)O)C1. The van der Waals surface area contributed by atoms with Gasteiger partial charge in [0.05, 0.1) is 18.9 Å². The molecule has 0 radical (unpaired) electrons. The summed E-state index contributed by atoms with van der Waals surface area (Å²) in [5, 5.41) is 11.7. The summed E-state index contributed by atoms with van der Waals surface area (Å²) in [7, 11) is 1.60. The van der Waals surface area contributed by atoms with Gasteiger partial charge in [-0.15, -0.1) is 0 Å². The van der Waals surface area contributed by atoms with E-state index in [1.54, 1.807) is 14.0 Å². The summed E-state index contributed by atoms with van der Waals surface area (Å²) in [4.78, 5) is 35.3. The molecule has 7 nitrogen and oxygen atoms in total. The van der Waals surface area contributed by atoms with Crippen molar-refractivity contribution in [3.05, 3.63) is 0 Å². The van der Waals surface area contributed by atoms with Gasteiger partial charge in [-0.1, -0.05) is 0 Å². The lowest BCUT2D eigenvalue weighted by Crippen LogP contribution is -2.43. The van der Waals surface area contributed by atoms with Crippen molar-refractivity contribution in [2.24, 2.45) is 5.92 Å². The molecule has 1 fully saturated rings. The highest BCUT2D eigenvalue weighted by Crippen LogP contribution is 2.25. The van der Waals surface area contributed by atoms with Crippen molar-refractivity contribution in [2.45, 2.75) is 38.6 Å². The lowest BCUT2D eigenvalue weighted by Gasteiger charge is -2.20. The van der Waals surface area contributed by atoms with Crippen LogP contribution < -0.4 is 5.32 Å². The van der Waals surface area contributed by atoms with Crippen LogP contribution in [0.2, 0.25) is 0 Å². The molecule has 2 N–H and O–H groups in total. The standard InChI is InChI=1S/C13H22N2O5/c1-3-20-11(16)6-7-15(2)13(19)14-10-5-4-9(8-10)12(17)18/h9-10H,3-8H2,1-2H3,(H,14,19)(H,17,18). The van der Waals surface area contributed by atoms with Crippen LogP contribution in [-0.2, 0) is 14.3 Å². The molecule has 1 saturated carbocycles. The zero-order chi connectivity index (χ0) is 15.1. The second kappa shape index (κ2) is 7.72. The van der Waals surface area contributed by atoms with Crippen molar-refractivity contribution in [1.82, 2.24) is 10.2 Å². The number of carbonyl (C=O) groups excluding carboxylic acids is 2. The van der Waals surface area contributed by atoms with Crippen molar-refractivity contribution in [1.29, 1.82) is 0 Å². The summed E-state index contributed by atoms with van der Waals surface area (Å²) in [6.07, 6.45) is 1.88. The Hall–Kier alpha value is -1.79. The van der Waals surface area contributed by atoms with Crippen LogP contribution in [0.15, 0.2) is 0 Å². The molecule has 0 heterocycles. The van der Waals surface area contributed by atoms with E-state index < -0.39 is 5.97 Å². The molecular weight excluding hydrogens is 264 g/mol. The lowest BCUT2D eigenvalue weighted by molar-refractivity contribution is -0.143. The van der Waals surface area contributed by atoms with Gasteiger partial charge in [0.25, 0.3) is 0 Å². The average Bonchev–Trinajstić information content (AvgIpc) is 2.85. The Bertz CT molecular complexity index is 372. The number of carbonyl (C=O) groups is 3. The highest BCUT2D eigenvalue weighted by Gasteiger charge is 2.31. The molecule has 7 heteroatoms. The number of rotatable bonds is 6. The Labute approximate surface area is 118 Å². The molecule has 0 saturated heterocycles. The first-order valence-electron chi connectivity index (χ1n) is 6.84. The van der Waals surface area contributed by atoms with Crippen molar-refractivity contribution >= 4 is 18.0 Å². The van der Waals surface area contributed by atoms with Crippen LogP contribution in [0.25, 0.3) is 0 Å². The molecule has 1 rings (SSSR count). The summed E-state index contributed by atoms with van der Waals surface area (Å²) >= 11 is 0. The number of amides is 2. The Morgan fingerprint density at radius 1 is 1.35 bits per heavy atom. The molecule has 0 aliphatic heterocycles. The van der Waals surface area contributed by atoms with Crippen LogP contribution in [0, 0.1) is 5.92 Å². The van der Waals surface area contributed by atoms with Gasteiger partial charge in [0.1, 0.15) is 0 Å². The molecule has 0 aromatic heterocycles. The highest BCUT2D eigenvalue weighted by molar-refractivity contribution is 5.76. The monoisotopic (exact) mass is 286 g/mol. The quantitative estimate of drug-likeness (QED) is 0.705. The minimum Gasteiger partial charge on any atom is -0.481 e. The molecular formula is C13H22N2O5. The van der Waals surface area contributed by atoms with Gasteiger partial charge in [-0.05, 0) is 26.2 Å². The maximum atomic E-state index is 11.9. The second-order valence-electron chi connectivity index (χ2n) is 4.97. The number of esters is 1. The third-order valence-corrected chi connectivity index (χ3v) is 3.41. The van der Waals surface area contributed by atoms with Crippen molar-refractivity contribution in [2.75, 3.05) is 20.2 Å². The van der Waals surface area contributed by atoms with Crippen LogP contribution in [0.4, 0.5) is 4.79 Å². The van der Waals surface area contributed by atoms with E-state index in [1.165, 1.54) is 4.90 Å². The van der Waals surface area contributed by atoms with Gasteiger partial charge in [-0.3, -0.25) is 9.59 Å². The van der Waals surface area contributed by atoms with Crippen LogP contribution >= 0.6 is 0 Å². The predicted molar refractivity (Wildman–Crippen MR) is 71.2 cm³/mol. The second-order valence-corrected chi connectivity index (χ2v) is 4.97. The molecule has 0 spiro atoms. The zero-order valence-electron chi connectivity index (χ0n) is 11.9. The zero-order valence-corrected chi connectivity index (χ0v) is 11.9. The molecule has 1 aliphatic carbocycles. The van der Waals surface area contributed by atoms with Crippen molar-refractivity contribution in [3.63, 3.8) is 0 Å². The maximum absolute atomic E-state index is 11.9. The predicted octanol–water partition coefficient (Wildman–Crippen LogP) is 0.834. The molecule has 114 valence electrons. The van der Waals surface area contributed by atoms with E-state index >= 15 is 0 Å². The summed E-state index contributed by atoms with van der Waals surface area (Å²) in [5.41, 5.74) is 0. The topological polar surface area (TPSA) is 95.9 Å². The Kier molecular flexibility index (Phi) is 6.27. The number of nitrogens with one attached hydrogen (secondary N) is 1. The Morgan fingerprint density at radius 3 is 2.60 bits per heavy atom. The molecule has 0 aromatic carbocycles. The number of nitrogens with zero attached hydrogens (tertiary/aromatic N) is 1. The number of hydrogen-bond acceptors (Lipinski definition) is 4. The number of hydrogen-bond donors (Lipinski definition) is 2. The highest BCUT2D eigenvalue weighted by atomic mass is 16.5. The molecule has 20 heavy (non-hydrogen) atoms. The van der Waals surface area contributed by atoms with Gasteiger partial charge in [-0.25, -0.2) is 4.79 Å². The smallest absolute Gasteiger partial charge is 0.317 e. The van der Waals surface area contributed by atoms with Gasteiger partial charge in [0, 0.05) is 19.6 Å². The average molecular weight is 286 g/mol. The molecule has 2 unspecified atom stereocenters. The third-order valence-electron chi connectivity index (χ3n) is 3.41. The van der Waals surface area contributed by atoms with Crippen LogP contribution in [0.3, 0.4) is 0 Å². The van der Waals surface area contributed by atoms with Gasteiger partial charge in [0.15, 0.2) is 0 Å². The molecule has 0 aromatic rings. The lowest BCUT2D eigenvalue weighted by atomic mass is 10.1. The van der Waals surface area contributed by atoms with E-state index in [2.05, 4.69) is 5.32 Å². The van der Waals surface area contributed by atoms with E-state index in [0.29, 0.717) is 25.9 Å². The molecule has 1 aliphatic rings. The van der Waals surface area contributed by atoms with E-state index in [0.717, 1.165) is 0 Å². The van der Waals surface area contributed by atoms with Gasteiger partial charge >= 0.3 is 18.0 Å². The first-order chi connectivity index (χ1) is 9.43.